The number of carbonyl (C=O) groups is 1. The van der Waals surface area contributed by atoms with E-state index in [0.717, 1.165) is 68.4 Å². The SMILES string of the molecule is O=C(CCc1ccc2c(c1)OCCCO2)N1CCCN(CC2CCCCC2)CC1. The number of rotatable bonds is 5. The number of benzene rings is 1. The van der Waals surface area contributed by atoms with Gasteiger partial charge < -0.3 is 19.3 Å². The molecule has 0 radical (unpaired) electrons. The fourth-order valence-electron chi connectivity index (χ4n) is 4.91. The summed E-state index contributed by atoms with van der Waals surface area (Å²) in [7, 11) is 0. The molecule has 1 saturated heterocycles. The summed E-state index contributed by atoms with van der Waals surface area (Å²) in [5.41, 5.74) is 1.15. The number of carbonyl (C=O) groups excluding carboxylic acids is 1. The van der Waals surface area contributed by atoms with Crippen molar-refractivity contribution in [2.24, 2.45) is 5.92 Å². The van der Waals surface area contributed by atoms with Gasteiger partial charge in [-0.2, -0.15) is 0 Å². The van der Waals surface area contributed by atoms with E-state index in [2.05, 4.69) is 15.9 Å². The van der Waals surface area contributed by atoms with Crippen molar-refractivity contribution < 1.29 is 14.3 Å². The Balaban J connectivity index is 1.24. The van der Waals surface area contributed by atoms with Gasteiger partial charge in [0.25, 0.3) is 0 Å². The van der Waals surface area contributed by atoms with Crippen LogP contribution >= 0.6 is 0 Å². The van der Waals surface area contributed by atoms with Crippen LogP contribution in [-0.2, 0) is 11.2 Å². The van der Waals surface area contributed by atoms with E-state index in [1.165, 1.54) is 38.6 Å². The van der Waals surface area contributed by atoms with E-state index in [4.69, 9.17) is 9.47 Å². The summed E-state index contributed by atoms with van der Waals surface area (Å²) in [6.45, 7) is 6.60. The topological polar surface area (TPSA) is 42.0 Å². The van der Waals surface area contributed by atoms with Gasteiger partial charge in [-0.05, 0) is 55.8 Å². The van der Waals surface area contributed by atoms with E-state index in [0.29, 0.717) is 19.6 Å². The van der Waals surface area contributed by atoms with E-state index >= 15 is 0 Å². The normalized spacial score (nSPS) is 21.4. The molecular formula is C24H36N2O3. The zero-order valence-corrected chi connectivity index (χ0v) is 17.7. The fraction of sp³-hybridized carbons (Fsp3) is 0.708. The molecule has 1 aromatic carbocycles. The van der Waals surface area contributed by atoms with Gasteiger partial charge in [0.2, 0.25) is 5.91 Å². The number of fused-ring (bicyclic) bond motifs is 1. The van der Waals surface area contributed by atoms with E-state index in [9.17, 15) is 4.79 Å². The summed E-state index contributed by atoms with van der Waals surface area (Å²) >= 11 is 0. The number of nitrogens with zero attached hydrogens (tertiary/aromatic N) is 2. The number of aryl methyl sites for hydroxylation is 1. The number of hydrogen-bond acceptors (Lipinski definition) is 4. The molecule has 1 aliphatic carbocycles. The summed E-state index contributed by atoms with van der Waals surface area (Å²) in [6, 6.07) is 6.09. The first-order valence-electron chi connectivity index (χ1n) is 11.7. The minimum absolute atomic E-state index is 0.289. The van der Waals surface area contributed by atoms with E-state index in [-0.39, 0.29) is 5.91 Å². The van der Waals surface area contributed by atoms with Crippen LogP contribution in [0.3, 0.4) is 0 Å². The van der Waals surface area contributed by atoms with Crippen molar-refractivity contribution in [1.82, 2.24) is 9.80 Å². The van der Waals surface area contributed by atoms with Crippen LogP contribution in [0.4, 0.5) is 0 Å². The van der Waals surface area contributed by atoms with Gasteiger partial charge in [-0.1, -0.05) is 25.3 Å². The monoisotopic (exact) mass is 400 g/mol. The van der Waals surface area contributed by atoms with Gasteiger partial charge in [0, 0.05) is 39.0 Å². The van der Waals surface area contributed by atoms with Crippen molar-refractivity contribution >= 4 is 5.91 Å². The van der Waals surface area contributed by atoms with Gasteiger partial charge in [-0.3, -0.25) is 4.79 Å². The largest absolute Gasteiger partial charge is 0.490 e. The maximum absolute atomic E-state index is 12.8. The minimum Gasteiger partial charge on any atom is -0.490 e. The zero-order valence-electron chi connectivity index (χ0n) is 17.7. The Morgan fingerprint density at radius 2 is 1.72 bits per heavy atom. The first-order chi connectivity index (χ1) is 14.3. The highest BCUT2D eigenvalue weighted by Crippen LogP contribution is 2.31. The lowest BCUT2D eigenvalue weighted by Gasteiger charge is -2.28. The van der Waals surface area contributed by atoms with Crippen molar-refractivity contribution in [2.75, 3.05) is 45.9 Å². The molecule has 1 saturated carbocycles. The number of ether oxygens (including phenoxy) is 2. The number of hydrogen-bond donors (Lipinski definition) is 0. The molecule has 160 valence electrons. The molecule has 4 rings (SSSR count). The van der Waals surface area contributed by atoms with Crippen molar-refractivity contribution in [3.8, 4) is 11.5 Å². The van der Waals surface area contributed by atoms with Crippen LogP contribution in [-0.4, -0.2) is 61.6 Å². The highest BCUT2D eigenvalue weighted by molar-refractivity contribution is 5.76. The average Bonchev–Trinajstić information content (AvgIpc) is 3.13. The quantitative estimate of drug-likeness (QED) is 0.752. The Morgan fingerprint density at radius 3 is 2.59 bits per heavy atom. The molecule has 5 nitrogen and oxygen atoms in total. The lowest BCUT2D eigenvalue weighted by Crippen LogP contribution is -2.37. The molecule has 5 heteroatoms. The van der Waals surface area contributed by atoms with Gasteiger partial charge in [-0.15, -0.1) is 0 Å². The van der Waals surface area contributed by atoms with Gasteiger partial charge in [0.05, 0.1) is 13.2 Å². The molecule has 0 aromatic heterocycles. The highest BCUT2D eigenvalue weighted by atomic mass is 16.5. The molecular weight excluding hydrogens is 364 g/mol. The smallest absolute Gasteiger partial charge is 0.222 e. The molecule has 29 heavy (non-hydrogen) atoms. The van der Waals surface area contributed by atoms with E-state index in [1.54, 1.807) is 0 Å². The Bertz CT molecular complexity index is 672. The van der Waals surface area contributed by atoms with Gasteiger partial charge >= 0.3 is 0 Å². The van der Waals surface area contributed by atoms with E-state index in [1.807, 2.05) is 12.1 Å². The summed E-state index contributed by atoms with van der Waals surface area (Å²) in [6.07, 6.45) is 10.4. The van der Waals surface area contributed by atoms with Crippen molar-refractivity contribution in [2.45, 2.75) is 57.8 Å². The molecule has 0 bridgehead atoms. The predicted molar refractivity (Wildman–Crippen MR) is 115 cm³/mol. The summed E-state index contributed by atoms with van der Waals surface area (Å²) in [5.74, 6) is 2.81. The van der Waals surface area contributed by atoms with Gasteiger partial charge in [0.1, 0.15) is 0 Å². The van der Waals surface area contributed by atoms with Gasteiger partial charge in [-0.25, -0.2) is 0 Å². The minimum atomic E-state index is 0.289. The summed E-state index contributed by atoms with van der Waals surface area (Å²) in [4.78, 5) is 17.5. The second-order valence-electron chi connectivity index (χ2n) is 8.87. The standard InChI is InChI=1S/C24H36N2O3/c27-24(11-9-20-8-10-22-23(18-20)29-17-5-16-28-22)26-13-4-12-25(14-15-26)19-21-6-2-1-3-7-21/h8,10,18,21H,1-7,9,11-17,19H2. The highest BCUT2D eigenvalue weighted by Gasteiger charge is 2.22. The Kier molecular flexibility index (Phi) is 7.31. The molecule has 0 N–H and O–H groups in total. The third kappa shape index (κ3) is 5.88. The molecule has 0 spiro atoms. The molecule has 1 aromatic rings. The molecule has 2 fully saturated rings. The lowest BCUT2D eigenvalue weighted by molar-refractivity contribution is -0.131. The lowest BCUT2D eigenvalue weighted by atomic mass is 9.89. The van der Waals surface area contributed by atoms with Crippen LogP contribution in [0.2, 0.25) is 0 Å². The Morgan fingerprint density at radius 1 is 0.897 bits per heavy atom. The fourth-order valence-corrected chi connectivity index (χ4v) is 4.91. The van der Waals surface area contributed by atoms with Gasteiger partial charge in [0.15, 0.2) is 11.5 Å². The third-order valence-electron chi connectivity index (χ3n) is 6.62. The number of amides is 1. The van der Waals surface area contributed by atoms with Crippen LogP contribution in [0.15, 0.2) is 18.2 Å². The first-order valence-corrected chi connectivity index (χ1v) is 11.7. The van der Waals surface area contributed by atoms with Crippen LogP contribution < -0.4 is 9.47 Å². The second-order valence-corrected chi connectivity index (χ2v) is 8.87. The van der Waals surface area contributed by atoms with Crippen LogP contribution in [0.1, 0.15) is 56.9 Å². The molecule has 2 heterocycles. The van der Waals surface area contributed by atoms with Crippen LogP contribution in [0.25, 0.3) is 0 Å². The Hall–Kier alpha value is -1.75. The molecule has 0 atom stereocenters. The molecule has 3 aliphatic rings. The predicted octanol–water partition coefficient (Wildman–Crippen LogP) is 3.90. The Labute approximate surface area is 175 Å². The first kappa shape index (κ1) is 20.5. The van der Waals surface area contributed by atoms with Crippen molar-refractivity contribution in [3.05, 3.63) is 23.8 Å². The summed E-state index contributed by atoms with van der Waals surface area (Å²) < 4.78 is 11.5. The van der Waals surface area contributed by atoms with Crippen molar-refractivity contribution in [1.29, 1.82) is 0 Å². The maximum atomic E-state index is 12.8. The van der Waals surface area contributed by atoms with Crippen LogP contribution in [0, 0.1) is 5.92 Å². The maximum Gasteiger partial charge on any atom is 0.222 e. The van der Waals surface area contributed by atoms with Crippen LogP contribution in [0.5, 0.6) is 11.5 Å². The van der Waals surface area contributed by atoms with E-state index < -0.39 is 0 Å². The third-order valence-corrected chi connectivity index (χ3v) is 6.62. The molecule has 0 unspecified atom stereocenters. The molecule has 1 amide bonds. The zero-order chi connectivity index (χ0) is 19.9. The summed E-state index contributed by atoms with van der Waals surface area (Å²) in [5, 5.41) is 0. The molecule has 2 aliphatic heterocycles. The van der Waals surface area contributed by atoms with Crippen molar-refractivity contribution in [3.63, 3.8) is 0 Å². The average molecular weight is 401 g/mol. The second kappa shape index (κ2) is 10.3.